The zero-order chi connectivity index (χ0) is 11.8. The predicted octanol–water partition coefficient (Wildman–Crippen LogP) is 3.85. The van der Waals surface area contributed by atoms with Crippen molar-refractivity contribution in [3.05, 3.63) is 40.6 Å². The van der Waals surface area contributed by atoms with Gasteiger partial charge in [-0.1, -0.05) is 17.2 Å². The number of rotatable bonds is 1. The van der Waals surface area contributed by atoms with Gasteiger partial charge in [0.15, 0.2) is 0 Å². The van der Waals surface area contributed by atoms with Crippen LogP contribution in [0.5, 0.6) is 0 Å². The van der Waals surface area contributed by atoms with Gasteiger partial charge >= 0.3 is 0 Å². The molecule has 0 saturated carbocycles. The molecule has 88 valence electrons. The molecule has 0 bridgehead atoms. The first-order chi connectivity index (χ1) is 8.25. The lowest BCUT2D eigenvalue weighted by Gasteiger charge is -2.19. The molecule has 0 fully saturated rings. The molecular weight excluding hydrogens is 234 g/mol. The average molecular weight is 248 g/mol. The first-order valence-corrected chi connectivity index (χ1v) is 6.20. The Morgan fingerprint density at radius 2 is 2.24 bits per heavy atom. The van der Waals surface area contributed by atoms with Gasteiger partial charge in [0.05, 0.1) is 6.26 Å². The van der Waals surface area contributed by atoms with Crippen LogP contribution in [-0.2, 0) is 0 Å². The number of furan rings is 1. The molecule has 3 heteroatoms. The summed E-state index contributed by atoms with van der Waals surface area (Å²) < 4.78 is 5.59. The zero-order valence-corrected chi connectivity index (χ0v) is 10.5. The Balaban J connectivity index is 2.25. The Morgan fingerprint density at radius 1 is 1.35 bits per heavy atom. The van der Waals surface area contributed by atoms with Crippen LogP contribution < -0.4 is 5.32 Å². The molecule has 0 radical (unpaired) electrons. The van der Waals surface area contributed by atoms with Crippen molar-refractivity contribution in [3.8, 4) is 0 Å². The van der Waals surface area contributed by atoms with E-state index in [1.54, 1.807) is 6.26 Å². The summed E-state index contributed by atoms with van der Waals surface area (Å²) in [4.78, 5) is 0. The van der Waals surface area contributed by atoms with Gasteiger partial charge in [-0.05, 0) is 43.7 Å². The van der Waals surface area contributed by atoms with Crippen LogP contribution in [0.15, 0.2) is 34.5 Å². The first-order valence-electron chi connectivity index (χ1n) is 5.82. The summed E-state index contributed by atoms with van der Waals surface area (Å²) in [6, 6.07) is 5.92. The average Bonchev–Trinajstić information content (AvgIpc) is 2.76. The number of halogens is 1. The van der Waals surface area contributed by atoms with E-state index in [4.69, 9.17) is 16.0 Å². The minimum absolute atomic E-state index is 0.771. The van der Waals surface area contributed by atoms with Crippen LogP contribution in [-0.4, -0.2) is 13.1 Å². The first kappa shape index (κ1) is 10.9. The van der Waals surface area contributed by atoms with Gasteiger partial charge in [-0.3, -0.25) is 0 Å². The van der Waals surface area contributed by atoms with E-state index in [1.165, 1.54) is 11.1 Å². The highest BCUT2D eigenvalue weighted by Gasteiger charge is 2.15. The van der Waals surface area contributed by atoms with Crippen molar-refractivity contribution in [2.75, 3.05) is 13.1 Å². The van der Waals surface area contributed by atoms with E-state index < -0.39 is 0 Å². The van der Waals surface area contributed by atoms with Gasteiger partial charge in [0.2, 0.25) is 0 Å². The third-order valence-electron chi connectivity index (χ3n) is 3.30. The molecule has 2 heterocycles. The molecule has 2 nitrogen and oxygen atoms in total. The molecular formula is C14H14ClNO. The largest absolute Gasteiger partial charge is 0.464 e. The standard InChI is InChI=1S/C14H14ClNO/c1-9-8-16-4-2-12(9)13-7-11(15)6-10-3-5-17-14(10)13/h3,5-7,16H,2,4,8H2,1H3. The summed E-state index contributed by atoms with van der Waals surface area (Å²) in [5.41, 5.74) is 4.84. The van der Waals surface area contributed by atoms with Gasteiger partial charge in [0.25, 0.3) is 0 Å². The lowest BCUT2D eigenvalue weighted by molar-refractivity contribution is 0.613. The van der Waals surface area contributed by atoms with Crippen molar-refractivity contribution in [3.63, 3.8) is 0 Å². The van der Waals surface area contributed by atoms with Crippen LogP contribution >= 0.6 is 11.6 Å². The second kappa shape index (κ2) is 4.21. The summed E-state index contributed by atoms with van der Waals surface area (Å²) in [6.07, 6.45) is 2.75. The van der Waals surface area contributed by atoms with Crippen molar-refractivity contribution < 1.29 is 4.42 Å². The Hall–Kier alpha value is -1.25. The van der Waals surface area contributed by atoms with Crippen molar-refractivity contribution in [2.24, 2.45) is 0 Å². The summed E-state index contributed by atoms with van der Waals surface area (Å²) >= 11 is 6.17. The Bertz CT molecular complexity index is 597. The molecule has 1 aromatic heterocycles. The number of hydrogen-bond acceptors (Lipinski definition) is 2. The van der Waals surface area contributed by atoms with Gasteiger partial charge in [-0.2, -0.15) is 0 Å². The molecule has 1 aliphatic heterocycles. The van der Waals surface area contributed by atoms with Crippen LogP contribution in [0.2, 0.25) is 5.02 Å². The highest BCUT2D eigenvalue weighted by atomic mass is 35.5. The normalized spacial score (nSPS) is 16.8. The van der Waals surface area contributed by atoms with Crippen LogP contribution in [0.3, 0.4) is 0 Å². The van der Waals surface area contributed by atoms with E-state index in [1.807, 2.05) is 18.2 Å². The van der Waals surface area contributed by atoms with E-state index in [0.29, 0.717) is 0 Å². The molecule has 0 atom stereocenters. The van der Waals surface area contributed by atoms with Gasteiger partial charge in [0.1, 0.15) is 5.58 Å². The Kier molecular flexibility index (Phi) is 2.69. The van der Waals surface area contributed by atoms with Gasteiger partial charge in [-0.25, -0.2) is 0 Å². The molecule has 1 aliphatic rings. The number of fused-ring (bicyclic) bond motifs is 1. The molecule has 0 unspecified atom stereocenters. The topological polar surface area (TPSA) is 25.2 Å². The van der Waals surface area contributed by atoms with Crippen molar-refractivity contribution >= 4 is 28.1 Å². The lowest BCUT2D eigenvalue weighted by Crippen LogP contribution is -2.23. The third kappa shape index (κ3) is 1.88. The molecule has 3 rings (SSSR count). The second-order valence-electron chi connectivity index (χ2n) is 4.48. The summed E-state index contributed by atoms with van der Waals surface area (Å²) in [6.45, 7) is 4.13. The number of hydrogen-bond donors (Lipinski definition) is 1. The van der Waals surface area contributed by atoms with Crippen LogP contribution in [0.25, 0.3) is 16.5 Å². The fourth-order valence-corrected chi connectivity index (χ4v) is 2.67. The molecule has 2 aromatic rings. The molecule has 1 aromatic carbocycles. The minimum atomic E-state index is 0.771. The maximum Gasteiger partial charge on any atom is 0.141 e. The molecule has 0 saturated heterocycles. The fourth-order valence-electron chi connectivity index (χ4n) is 2.44. The van der Waals surface area contributed by atoms with Crippen LogP contribution in [0, 0.1) is 0 Å². The zero-order valence-electron chi connectivity index (χ0n) is 9.72. The van der Waals surface area contributed by atoms with Crippen LogP contribution in [0.1, 0.15) is 18.9 Å². The maximum atomic E-state index is 6.17. The van der Waals surface area contributed by atoms with E-state index >= 15 is 0 Å². The van der Waals surface area contributed by atoms with E-state index in [9.17, 15) is 0 Å². The van der Waals surface area contributed by atoms with E-state index in [-0.39, 0.29) is 0 Å². The highest BCUT2D eigenvalue weighted by Crippen LogP contribution is 2.33. The van der Waals surface area contributed by atoms with Crippen molar-refractivity contribution in [1.82, 2.24) is 5.32 Å². The summed E-state index contributed by atoms with van der Waals surface area (Å²) in [7, 11) is 0. The number of benzene rings is 1. The minimum Gasteiger partial charge on any atom is -0.464 e. The lowest BCUT2D eigenvalue weighted by atomic mass is 9.94. The van der Waals surface area contributed by atoms with Crippen molar-refractivity contribution in [1.29, 1.82) is 0 Å². The van der Waals surface area contributed by atoms with E-state index in [2.05, 4.69) is 12.2 Å². The Morgan fingerprint density at radius 3 is 3.06 bits per heavy atom. The number of nitrogens with one attached hydrogen (secondary N) is 1. The summed E-state index contributed by atoms with van der Waals surface area (Å²) in [5.74, 6) is 0. The summed E-state index contributed by atoms with van der Waals surface area (Å²) in [5, 5.41) is 5.22. The van der Waals surface area contributed by atoms with Gasteiger partial charge in [-0.15, -0.1) is 0 Å². The smallest absolute Gasteiger partial charge is 0.141 e. The SMILES string of the molecule is CC1=C(c2cc(Cl)cc3ccoc23)CCNC1. The third-order valence-corrected chi connectivity index (χ3v) is 3.52. The quantitative estimate of drug-likeness (QED) is 0.828. The van der Waals surface area contributed by atoms with Gasteiger partial charge < -0.3 is 9.73 Å². The highest BCUT2D eigenvalue weighted by molar-refractivity contribution is 6.31. The molecule has 0 amide bonds. The second-order valence-corrected chi connectivity index (χ2v) is 4.91. The van der Waals surface area contributed by atoms with E-state index in [0.717, 1.165) is 41.1 Å². The fraction of sp³-hybridized carbons (Fsp3) is 0.286. The molecule has 0 aliphatic carbocycles. The van der Waals surface area contributed by atoms with Crippen LogP contribution in [0.4, 0.5) is 0 Å². The molecule has 17 heavy (non-hydrogen) atoms. The molecule has 0 spiro atoms. The molecule has 1 N–H and O–H groups in total. The monoisotopic (exact) mass is 247 g/mol. The maximum absolute atomic E-state index is 6.17. The van der Waals surface area contributed by atoms with Crippen molar-refractivity contribution in [2.45, 2.75) is 13.3 Å². The predicted molar refractivity (Wildman–Crippen MR) is 71.3 cm³/mol. The van der Waals surface area contributed by atoms with Gasteiger partial charge in [0, 0.05) is 22.5 Å². The Labute approximate surface area is 105 Å².